The molecule has 2 heterocycles. The summed E-state index contributed by atoms with van der Waals surface area (Å²) in [5.41, 5.74) is 5.69. The molecule has 2 rings (SSSR count). The Morgan fingerprint density at radius 2 is 2.41 bits per heavy atom. The Kier molecular flexibility index (Phi) is 3.63. The first kappa shape index (κ1) is 11.9. The van der Waals surface area contributed by atoms with Gasteiger partial charge < -0.3 is 21.1 Å². The molecule has 4 N–H and O–H groups in total. The number of rotatable bonds is 4. The van der Waals surface area contributed by atoms with E-state index < -0.39 is 0 Å². The number of aromatic nitrogens is 2. The van der Waals surface area contributed by atoms with Crippen molar-refractivity contribution in [1.82, 2.24) is 9.97 Å². The van der Waals surface area contributed by atoms with E-state index in [0.29, 0.717) is 0 Å². The molecule has 6 heteroatoms. The van der Waals surface area contributed by atoms with Crippen molar-refractivity contribution in [3.63, 3.8) is 0 Å². The first-order valence-electron chi connectivity index (χ1n) is 6.00. The molecule has 1 aromatic heterocycles. The molecular formula is C11H19N5O. The topological polar surface area (TPSA) is 87.3 Å². The molecule has 1 atom stereocenters. The molecule has 0 aliphatic carbocycles. The standard InChI is InChI=1S/C11H19N5O/c1-2-13-9-6-10(15-11(12)14-9)16-5-3-4-8(16)7-17/h6,8,17H,2-5,7H2,1H3,(H3,12,13,14,15). The number of nitrogens with zero attached hydrogens (tertiary/aromatic N) is 3. The van der Waals surface area contributed by atoms with Gasteiger partial charge in [0.1, 0.15) is 11.6 Å². The average Bonchev–Trinajstić information content (AvgIpc) is 2.76. The van der Waals surface area contributed by atoms with Crippen molar-refractivity contribution in [2.45, 2.75) is 25.8 Å². The quantitative estimate of drug-likeness (QED) is 0.705. The maximum absolute atomic E-state index is 9.31. The van der Waals surface area contributed by atoms with Crippen LogP contribution in [0.25, 0.3) is 0 Å². The minimum atomic E-state index is 0.152. The van der Waals surface area contributed by atoms with E-state index in [1.807, 2.05) is 13.0 Å². The summed E-state index contributed by atoms with van der Waals surface area (Å²) in [4.78, 5) is 10.4. The van der Waals surface area contributed by atoms with Gasteiger partial charge in [0.25, 0.3) is 0 Å². The van der Waals surface area contributed by atoms with Crippen molar-refractivity contribution >= 4 is 17.6 Å². The Balaban J connectivity index is 2.24. The van der Waals surface area contributed by atoms with E-state index >= 15 is 0 Å². The molecule has 0 bridgehead atoms. The fourth-order valence-electron chi connectivity index (χ4n) is 2.20. The monoisotopic (exact) mass is 237 g/mol. The highest BCUT2D eigenvalue weighted by atomic mass is 16.3. The number of nitrogens with two attached hydrogens (primary N) is 1. The molecule has 1 aliphatic heterocycles. The number of aliphatic hydroxyl groups excluding tert-OH is 1. The van der Waals surface area contributed by atoms with Gasteiger partial charge in [-0.2, -0.15) is 9.97 Å². The van der Waals surface area contributed by atoms with E-state index in [1.165, 1.54) is 0 Å². The smallest absolute Gasteiger partial charge is 0.223 e. The minimum Gasteiger partial charge on any atom is -0.394 e. The molecule has 1 fully saturated rings. The lowest BCUT2D eigenvalue weighted by atomic mass is 10.2. The van der Waals surface area contributed by atoms with Gasteiger partial charge in [-0.3, -0.25) is 0 Å². The van der Waals surface area contributed by atoms with E-state index in [4.69, 9.17) is 5.73 Å². The first-order chi connectivity index (χ1) is 8.24. The fourth-order valence-corrected chi connectivity index (χ4v) is 2.20. The van der Waals surface area contributed by atoms with Crippen LogP contribution < -0.4 is 16.0 Å². The van der Waals surface area contributed by atoms with Gasteiger partial charge >= 0.3 is 0 Å². The third-order valence-electron chi connectivity index (χ3n) is 2.97. The van der Waals surface area contributed by atoms with E-state index in [9.17, 15) is 5.11 Å². The number of nitrogen functional groups attached to an aromatic ring is 1. The van der Waals surface area contributed by atoms with Crippen molar-refractivity contribution in [3.8, 4) is 0 Å². The number of anilines is 3. The lowest BCUT2D eigenvalue weighted by Gasteiger charge is -2.24. The van der Waals surface area contributed by atoms with E-state index in [-0.39, 0.29) is 18.6 Å². The maximum atomic E-state index is 9.31. The first-order valence-corrected chi connectivity index (χ1v) is 6.00. The third-order valence-corrected chi connectivity index (χ3v) is 2.97. The molecule has 0 amide bonds. The highest BCUT2D eigenvalue weighted by molar-refractivity contribution is 5.53. The summed E-state index contributed by atoms with van der Waals surface area (Å²) >= 11 is 0. The number of hydrogen-bond acceptors (Lipinski definition) is 6. The van der Waals surface area contributed by atoms with Gasteiger partial charge in [-0.25, -0.2) is 0 Å². The molecule has 0 radical (unpaired) electrons. The SMILES string of the molecule is CCNc1cc(N2CCCC2CO)nc(N)n1. The van der Waals surface area contributed by atoms with E-state index in [2.05, 4.69) is 20.2 Å². The van der Waals surface area contributed by atoms with Crippen LogP contribution in [0.4, 0.5) is 17.6 Å². The van der Waals surface area contributed by atoms with Crippen molar-refractivity contribution in [2.24, 2.45) is 0 Å². The van der Waals surface area contributed by atoms with Crippen LogP contribution in [0, 0.1) is 0 Å². The third kappa shape index (κ3) is 2.58. The molecule has 17 heavy (non-hydrogen) atoms. The Morgan fingerprint density at radius 1 is 1.59 bits per heavy atom. The molecular weight excluding hydrogens is 218 g/mol. The Bertz CT molecular complexity index is 384. The molecule has 0 aromatic carbocycles. The molecule has 1 saturated heterocycles. The van der Waals surface area contributed by atoms with Crippen molar-refractivity contribution in [3.05, 3.63) is 6.07 Å². The van der Waals surface area contributed by atoms with Crippen LogP contribution in [0.1, 0.15) is 19.8 Å². The van der Waals surface area contributed by atoms with Crippen molar-refractivity contribution < 1.29 is 5.11 Å². The fraction of sp³-hybridized carbons (Fsp3) is 0.636. The van der Waals surface area contributed by atoms with Gasteiger partial charge in [0.15, 0.2) is 0 Å². The summed E-state index contributed by atoms with van der Waals surface area (Å²) in [6.45, 7) is 3.86. The van der Waals surface area contributed by atoms with Crippen molar-refractivity contribution in [2.75, 3.05) is 35.6 Å². The Hall–Kier alpha value is -1.56. The van der Waals surface area contributed by atoms with Crippen LogP contribution in [-0.2, 0) is 0 Å². The van der Waals surface area contributed by atoms with E-state index in [1.54, 1.807) is 0 Å². The lowest BCUT2D eigenvalue weighted by molar-refractivity contribution is 0.266. The lowest BCUT2D eigenvalue weighted by Crippen LogP contribution is -2.33. The molecule has 1 aromatic rings. The highest BCUT2D eigenvalue weighted by Crippen LogP contribution is 2.25. The second-order valence-electron chi connectivity index (χ2n) is 4.17. The summed E-state index contributed by atoms with van der Waals surface area (Å²) in [5.74, 6) is 1.80. The Labute approximate surface area is 101 Å². The number of hydrogen-bond donors (Lipinski definition) is 3. The molecule has 94 valence electrons. The molecule has 1 unspecified atom stereocenters. The Morgan fingerprint density at radius 3 is 3.12 bits per heavy atom. The zero-order chi connectivity index (χ0) is 12.3. The largest absolute Gasteiger partial charge is 0.394 e. The predicted molar refractivity (Wildman–Crippen MR) is 68.1 cm³/mol. The van der Waals surface area contributed by atoms with Gasteiger partial charge in [-0.05, 0) is 19.8 Å². The summed E-state index contributed by atoms with van der Waals surface area (Å²) in [6, 6.07) is 2.03. The number of aliphatic hydroxyl groups is 1. The molecule has 0 saturated carbocycles. The molecule has 6 nitrogen and oxygen atoms in total. The van der Waals surface area contributed by atoms with E-state index in [0.717, 1.165) is 37.6 Å². The van der Waals surface area contributed by atoms with Crippen LogP contribution >= 0.6 is 0 Å². The highest BCUT2D eigenvalue weighted by Gasteiger charge is 2.25. The van der Waals surface area contributed by atoms with Gasteiger partial charge in [0, 0.05) is 19.2 Å². The molecule has 0 spiro atoms. The van der Waals surface area contributed by atoms with Gasteiger partial charge in [-0.15, -0.1) is 0 Å². The predicted octanol–water partition coefficient (Wildman–Crippen LogP) is 0.452. The zero-order valence-corrected chi connectivity index (χ0v) is 10.1. The maximum Gasteiger partial charge on any atom is 0.223 e. The normalized spacial score (nSPS) is 19.6. The second-order valence-corrected chi connectivity index (χ2v) is 4.17. The van der Waals surface area contributed by atoms with Gasteiger partial charge in [-0.1, -0.05) is 0 Å². The van der Waals surface area contributed by atoms with Crippen LogP contribution in [0.15, 0.2) is 6.07 Å². The van der Waals surface area contributed by atoms with Crippen molar-refractivity contribution in [1.29, 1.82) is 0 Å². The molecule has 1 aliphatic rings. The number of nitrogens with one attached hydrogen (secondary N) is 1. The van der Waals surface area contributed by atoms with Crippen LogP contribution in [0.3, 0.4) is 0 Å². The van der Waals surface area contributed by atoms with Crippen LogP contribution in [0.2, 0.25) is 0 Å². The summed E-state index contributed by atoms with van der Waals surface area (Å²) < 4.78 is 0. The zero-order valence-electron chi connectivity index (χ0n) is 10.1. The summed E-state index contributed by atoms with van der Waals surface area (Å²) in [5, 5.41) is 12.4. The minimum absolute atomic E-state index is 0.152. The van der Waals surface area contributed by atoms with Crippen LogP contribution in [0.5, 0.6) is 0 Å². The van der Waals surface area contributed by atoms with Crippen LogP contribution in [-0.4, -0.2) is 40.8 Å². The second kappa shape index (κ2) is 5.18. The van der Waals surface area contributed by atoms with Gasteiger partial charge in [0.2, 0.25) is 5.95 Å². The average molecular weight is 237 g/mol. The summed E-state index contributed by atoms with van der Waals surface area (Å²) in [6.07, 6.45) is 2.07. The van der Waals surface area contributed by atoms with Gasteiger partial charge in [0.05, 0.1) is 12.6 Å². The summed E-state index contributed by atoms with van der Waals surface area (Å²) in [7, 11) is 0.